The molecule has 4 nitrogen and oxygen atoms in total. The minimum Gasteiger partial charge on any atom is -0.369 e. The topological polar surface area (TPSA) is 49.8 Å². The predicted molar refractivity (Wildman–Crippen MR) is 79.5 cm³/mol. The maximum atomic E-state index is 4.53. The highest BCUT2D eigenvalue weighted by molar-refractivity contribution is 8.00. The Balaban J connectivity index is 1.92. The molecule has 1 atom stereocenters. The SMILES string of the molecule is CCCNc1ncc(C)c(NCC2CCCS2)n1. The molecule has 2 N–H and O–H groups in total. The number of aromatic nitrogens is 2. The fourth-order valence-corrected chi connectivity index (χ4v) is 3.16. The van der Waals surface area contributed by atoms with E-state index in [1.54, 1.807) is 0 Å². The molecule has 0 amide bonds. The first-order valence-corrected chi connectivity index (χ1v) is 7.77. The summed E-state index contributed by atoms with van der Waals surface area (Å²) in [5.41, 5.74) is 1.11. The second-order valence-electron chi connectivity index (χ2n) is 4.67. The minimum absolute atomic E-state index is 0.726. The van der Waals surface area contributed by atoms with E-state index < -0.39 is 0 Å². The Kier molecular flexibility index (Phi) is 5.11. The summed E-state index contributed by atoms with van der Waals surface area (Å²) in [6.07, 6.45) is 5.64. The van der Waals surface area contributed by atoms with E-state index in [1.807, 2.05) is 13.1 Å². The van der Waals surface area contributed by atoms with Gasteiger partial charge in [0.25, 0.3) is 0 Å². The van der Waals surface area contributed by atoms with Crippen LogP contribution in [-0.4, -0.2) is 34.1 Å². The molecule has 0 bridgehead atoms. The fraction of sp³-hybridized carbons (Fsp3) is 0.692. The second kappa shape index (κ2) is 6.83. The molecule has 1 unspecified atom stereocenters. The van der Waals surface area contributed by atoms with Gasteiger partial charge >= 0.3 is 0 Å². The standard InChI is InChI=1S/C13H22N4S/c1-3-6-14-13-16-8-10(2)12(17-13)15-9-11-5-4-7-18-11/h8,11H,3-7,9H2,1-2H3,(H2,14,15,16,17). The third-order valence-corrected chi connectivity index (χ3v) is 4.42. The van der Waals surface area contributed by atoms with Crippen molar-refractivity contribution in [2.24, 2.45) is 0 Å². The van der Waals surface area contributed by atoms with Crippen molar-refractivity contribution < 1.29 is 0 Å². The molecule has 1 aliphatic heterocycles. The van der Waals surface area contributed by atoms with Gasteiger partial charge in [0.15, 0.2) is 0 Å². The first-order valence-electron chi connectivity index (χ1n) is 6.72. The summed E-state index contributed by atoms with van der Waals surface area (Å²) in [5, 5.41) is 7.42. The van der Waals surface area contributed by atoms with Crippen molar-refractivity contribution in [1.82, 2.24) is 9.97 Å². The number of anilines is 2. The summed E-state index contributed by atoms with van der Waals surface area (Å²) in [4.78, 5) is 8.82. The summed E-state index contributed by atoms with van der Waals surface area (Å²) in [7, 11) is 0. The van der Waals surface area contributed by atoms with Crippen LogP contribution in [0, 0.1) is 6.92 Å². The third kappa shape index (κ3) is 3.77. The van der Waals surface area contributed by atoms with E-state index in [1.165, 1.54) is 18.6 Å². The van der Waals surface area contributed by atoms with Gasteiger partial charge in [0.2, 0.25) is 5.95 Å². The van der Waals surface area contributed by atoms with Crippen molar-refractivity contribution in [2.45, 2.75) is 38.4 Å². The zero-order chi connectivity index (χ0) is 12.8. The zero-order valence-electron chi connectivity index (χ0n) is 11.2. The van der Waals surface area contributed by atoms with Crippen LogP contribution >= 0.6 is 11.8 Å². The number of rotatable bonds is 6. The Morgan fingerprint density at radius 1 is 1.44 bits per heavy atom. The molecule has 1 fully saturated rings. The summed E-state index contributed by atoms with van der Waals surface area (Å²) >= 11 is 2.06. The number of hydrogen-bond donors (Lipinski definition) is 2. The lowest BCUT2D eigenvalue weighted by atomic mass is 10.2. The molecule has 0 aromatic carbocycles. The molecule has 2 heterocycles. The van der Waals surface area contributed by atoms with E-state index >= 15 is 0 Å². The number of nitrogens with zero attached hydrogens (tertiary/aromatic N) is 2. The molecular weight excluding hydrogens is 244 g/mol. The minimum atomic E-state index is 0.726. The van der Waals surface area contributed by atoms with Gasteiger partial charge < -0.3 is 10.6 Å². The van der Waals surface area contributed by atoms with Gasteiger partial charge in [-0.1, -0.05) is 6.92 Å². The van der Waals surface area contributed by atoms with Crippen LogP contribution in [0.2, 0.25) is 0 Å². The van der Waals surface area contributed by atoms with Gasteiger partial charge in [-0.15, -0.1) is 0 Å². The van der Waals surface area contributed by atoms with Crippen LogP contribution < -0.4 is 10.6 Å². The predicted octanol–water partition coefficient (Wildman–Crippen LogP) is 2.91. The van der Waals surface area contributed by atoms with Crippen LogP contribution in [0.1, 0.15) is 31.7 Å². The summed E-state index contributed by atoms with van der Waals surface area (Å²) < 4.78 is 0. The van der Waals surface area contributed by atoms with Gasteiger partial charge in [-0.05, 0) is 31.9 Å². The Bertz CT molecular complexity index is 377. The molecule has 18 heavy (non-hydrogen) atoms. The maximum Gasteiger partial charge on any atom is 0.224 e. The van der Waals surface area contributed by atoms with Crippen LogP contribution in [0.5, 0.6) is 0 Å². The van der Waals surface area contributed by atoms with Gasteiger partial charge in [-0.25, -0.2) is 4.98 Å². The molecule has 1 saturated heterocycles. The van der Waals surface area contributed by atoms with Gasteiger partial charge in [0.1, 0.15) is 5.82 Å². The van der Waals surface area contributed by atoms with Crippen LogP contribution in [-0.2, 0) is 0 Å². The number of hydrogen-bond acceptors (Lipinski definition) is 5. The largest absolute Gasteiger partial charge is 0.369 e. The Hall–Kier alpha value is -0.970. The summed E-state index contributed by atoms with van der Waals surface area (Å²) in [6.45, 7) is 6.11. The van der Waals surface area contributed by atoms with Crippen LogP contribution in [0.4, 0.5) is 11.8 Å². The lowest BCUT2D eigenvalue weighted by Gasteiger charge is -2.13. The summed E-state index contributed by atoms with van der Waals surface area (Å²) in [5.74, 6) is 3.00. The van der Waals surface area contributed by atoms with E-state index in [9.17, 15) is 0 Å². The van der Waals surface area contributed by atoms with E-state index in [0.717, 1.165) is 42.1 Å². The van der Waals surface area contributed by atoms with Gasteiger partial charge in [0, 0.05) is 30.1 Å². The van der Waals surface area contributed by atoms with Crippen LogP contribution in [0.3, 0.4) is 0 Å². The van der Waals surface area contributed by atoms with E-state index in [0.29, 0.717) is 0 Å². The number of thioether (sulfide) groups is 1. The van der Waals surface area contributed by atoms with Crippen molar-refractivity contribution in [3.63, 3.8) is 0 Å². The molecular formula is C13H22N4S. The molecule has 0 saturated carbocycles. The highest BCUT2D eigenvalue weighted by atomic mass is 32.2. The summed E-state index contributed by atoms with van der Waals surface area (Å²) in [6, 6.07) is 0. The number of aryl methyl sites for hydroxylation is 1. The first kappa shape index (κ1) is 13.5. The molecule has 0 spiro atoms. The van der Waals surface area contributed by atoms with E-state index in [4.69, 9.17) is 0 Å². The van der Waals surface area contributed by atoms with Crippen LogP contribution in [0.15, 0.2) is 6.20 Å². The van der Waals surface area contributed by atoms with Crippen molar-refractivity contribution in [1.29, 1.82) is 0 Å². The molecule has 0 aliphatic carbocycles. The van der Waals surface area contributed by atoms with Crippen molar-refractivity contribution >= 4 is 23.5 Å². The maximum absolute atomic E-state index is 4.53. The van der Waals surface area contributed by atoms with Gasteiger partial charge in [-0.3, -0.25) is 0 Å². The average Bonchev–Trinajstić information content (AvgIpc) is 2.89. The Morgan fingerprint density at radius 3 is 3.06 bits per heavy atom. The smallest absolute Gasteiger partial charge is 0.224 e. The molecule has 0 radical (unpaired) electrons. The lowest BCUT2D eigenvalue weighted by molar-refractivity contribution is 0.802. The lowest BCUT2D eigenvalue weighted by Crippen LogP contribution is -2.16. The quantitative estimate of drug-likeness (QED) is 0.829. The molecule has 2 rings (SSSR count). The molecule has 100 valence electrons. The molecule has 1 aromatic rings. The average molecular weight is 266 g/mol. The number of nitrogens with one attached hydrogen (secondary N) is 2. The van der Waals surface area contributed by atoms with E-state index in [-0.39, 0.29) is 0 Å². The Labute approximate surface area is 113 Å². The normalized spacial score (nSPS) is 18.9. The van der Waals surface area contributed by atoms with Gasteiger partial charge in [0.05, 0.1) is 0 Å². The van der Waals surface area contributed by atoms with Crippen molar-refractivity contribution in [3.8, 4) is 0 Å². The van der Waals surface area contributed by atoms with Gasteiger partial charge in [-0.2, -0.15) is 16.7 Å². The molecule has 5 heteroatoms. The third-order valence-electron chi connectivity index (χ3n) is 3.03. The van der Waals surface area contributed by atoms with E-state index in [2.05, 4.69) is 39.3 Å². The highest BCUT2D eigenvalue weighted by Gasteiger charge is 2.15. The highest BCUT2D eigenvalue weighted by Crippen LogP contribution is 2.26. The molecule has 1 aromatic heterocycles. The fourth-order valence-electron chi connectivity index (χ4n) is 1.96. The van der Waals surface area contributed by atoms with Crippen molar-refractivity contribution in [3.05, 3.63) is 11.8 Å². The molecule has 1 aliphatic rings. The van der Waals surface area contributed by atoms with Crippen molar-refractivity contribution in [2.75, 3.05) is 29.5 Å². The first-order chi connectivity index (χ1) is 8.79. The second-order valence-corrected chi connectivity index (χ2v) is 6.08. The van der Waals surface area contributed by atoms with Crippen LogP contribution in [0.25, 0.3) is 0 Å². The Morgan fingerprint density at radius 2 is 2.33 bits per heavy atom. The zero-order valence-corrected chi connectivity index (χ0v) is 12.0. The monoisotopic (exact) mass is 266 g/mol.